The molecule has 0 aliphatic carbocycles. The van der Waals surface area contributed by atoms with Crippen molar-refractivity contribution >= 4 is 11.9 Å². The second-order valence-electron chi connectivity index (χ2n) is 25.7. The third-order valence-electron chi connectivity index (χ3n) is 17.7. The van der Waals surface area contributed by atoms with Gasteiger partial charge in [-0.25, -0.2) is 0 Å². The molecule has 8 unspecified atom stereocenters. The molecule has 0 saturated carbocycles. The summed E-state index contributed by atoms with van der Waals surface area (Å²) in [5, 5.41) is 57.3. The van der Waals surface area contributed by atoms with Crippen molar-refractivity contribution in [1.82, 2.24) is 5.32 Å². The Bertz CT molecular complexity index is 1400. The Morgan fingerprint density at radius 3 is 1.13 bits per heavy atom. The van der Waals surface area contributed by atoms with E-state index in [2.05, 4.69) is 26.1 Å². The molecule has 11 nitrogen and oxygen atoms in total. The summed E-state index contributed by atoms with van der Waals surface area (Å²) in [6.07, 6.45) is 61.1. The molecule has 1 aliphatic heterocycles. The van der Waals surface area contributed by atoms with Gasteiger partial charge in [-0.2, -0.15) is 0 Å². The molecular formula is C72H139NO10. The summed E-state index contributed by atoms with van der Waals surface area (Å²) < 4.78 is 17.7. The molecule has 492 valence electrons. The van der Waals surface area contributed by atoms with Crippen molar-refractivity contribution < 1.29 is 49.3 Å². The van der Waals surface area contributed by atoms with E-state index in [1.807, 2.05) is 6.08 Å². The van der Waals surface area contributed by atoms with Crippen LogP contribution in [-0.4, -0.2) is 99.6 Å². The summed E-state index contributed by atoms with van der Waals surface area (Å²) in [5.41, 5.74) is 0. The number of hydrogen-bond donors (Lipinski definition) is 6. The minimum absolute atomic E-state index is 0.132. The van der Waals surface area contributed by atoms with E-state index in [-0.39, 0.29) is 13.0 Å². The normalized spacial score (nSPS) is 18.5. The van der Waals surface area contributed by atoms with Crippen LogP contribution in [0.5, 0.6) is 0 Å². The van der Waals surface area contributed by atoms with Crippen LogP contribution in [0.1, 0.15) is 374 Å². The Labute approximate surface area is 512 Å². The first-order valence-electron chi connectivity index (χ1n) is 36.5. The maximum absolute atomic E-state index is 13.5. The average molecular weight is 1180 g/mol. The van der Waals surface area contributed by atoms with Gasteiger partial charge in [0, 0.05) is 6.42 Å². The van der Waals surface area contributed by atoms with Gasteiger partial charge < -0.3 is 45.1 Å². The van der Waals surface area contributed by atoms with Gasteiger partial charge in [-0.15, -0.1) is 0 Å². The highest BCUT2D eigenvalue weighted by Gasteiger charge is 2.47. The molecule has 0 aromatic rings. The summed E-state index contributed by atoms with van der Waals surface area (Å²) in [7, 11) is 0. The van der Waals surface area contributed by atoms with Gasteiger partial charge in [-0.1, -0.05) is 354 Å². The van der Waals surface area contributed by atoms with Crippen molar-refractivity contribution in [3.63, 3.8) is 0 Å². The number of aliphatic hydroxyl groups excluding tert-OH is 5. The SMILES string of the molecule is CCCCCCCCCCCCC/C=C/C(O)C(COC1OC(CO)C(O)C(O)C1OC(=O)CCCCCCCCCCCCCCCCCCCCCCCCC)NC(=O)C(O)CCCCCCCCCCCCCCCCCCCC. The van der Waals surface area contributed by atoms with Crippen LogP contribution in [0.4, 0.5) is 0 Å². The third kappa shape index (κ3) is 48.1. The zero-order valence-corrected chi connectivity index (χ0v) is 54.9. The summed E-state index contributed by atoms with van der Waals surface area (Å²) in [5.74, 6) is -1.17. The first-order chi connectivity index (χ1) is 40.7. The molecule has 11 heteroatoms. The van der Waals surface area contributed by atoms with Gasteiger partial charge in [-0.05, 0) is 25.7 Å². The number of allylic oxidation sites excluding steroid dienone is 1. The topological polar surface area (TPSA) is 175 Å². The summed E-state index contributed by atoms with van der Waals surface area (Å²) in [6, 6.07) is -1.02. The van der Waals surface area contributed by atoms with E-state index in [1.54, 1.807) is 6.08 Å². The van der Waals surface area contributed by atoms with Crippen LogP contribution in [-0.2, 0) is 23.8 Å². The highest BCUT2D eigenvalue weighted by molar-refractivity contribution is 5.80. The van der Waals surface area contributed by atoms with Crippen molar-refractivity contribution in [2.45, 2.75) is 423 Å². The summed E-state index contributed by atoms with van der Waals surface area (Å²) >= 11 is 0. The lowest BCUT2D eigenvalue weighted by Gasteiger charge is -2.41. The van der Waals surface area contributed by atoms with E-state index in [9.17, 15) is 35.1 Å². The number of aliphatic hydroxyl groups is 5. The second kappa shape index (κ2) is 60.7. The molecular weight excluding hydrogens is 1040 g/mol. The predicted molar refractivity (Wildman–Crippen MR) is 348 cm³/mol. The zero-order valence-electron chi connectivity index (χ0n) is 54.9. The summed E-state index contributed by atoms with van der Waals surface area (Å²) in [4.78, 5) is 26.7. The smallest absolute Gasteiger partial charge is 0.306 e. The predicted octanol–water partition coefficient (Wildman–Crippen LogP) is 18.6. The van der Waals surface area contributed by atoms with Crippen LogP contribution in [0.3, 0.4) is 0 Å². The molecule has 0 aromatic carbocycles. The van der Waals surface area contributed by atoms with Crippen molar-refractivity contribution in [1.29, 1.82) is 0 Å². The van der Waals surface area contributed by atoms with Crippen molar-refractivity contribution in [3.8, 4) is 0 Å². The van der Waals surface area contributed by atoms with E-state index in [0.717, 1.165) is 57.8 Å². The van der Waals surface area contributed by atoms with E-state index >= 15 is 0 Å². The average Bonchev–Trinajstić information content (AvgIpc) is 3.67. The fourth-order valence-corrected chi connectivity index (χ4v) is 12.0. The number of carbonyl (C=O) groups is 2. The maximum Gasteiger partial charge on any atom is 0.306 e. The van der Waals surface area contributed by atoms with Gasteiger partial charge in [0.25, 0.3) is 0 Å². The Hall–Kier alpha value is -1.60. The standard InChI is InChI=1S/C72H139NO10/c1-4-7-10-13-16-19-22-25-27-29-31-32-33-34-35-37-39-42-45-48-51-54-57-60-67(77)83-70-69(79)68(78)66(61-74)82-72(70)81-62-63(64(75)58-55-52-49-46-43-40-24-21-18-15-12-9-6-3)73-71(80)65(76)59-56-53-50-47-44-41-38-36-30-28-26-23-20-17-14-11-8-5-2/h55,58,63-66,68-70,72,74-76,78-79H,4-54,56-57,59-62H2,1-3H3,(H,73,80)/b58-55+. The Kier molecular flexibility index (Phi) is 58.1. The third-order valence-corrected chi connectivity index (χ3v) is 17.7. The molecule has 0 bridgehead atoms. The molecule has 0 aromatic heterocycles. The number of amides is 1. The van der Waals surface area contributed by atoms with Crippen LogP contribution in [0, 0.1) is 0 Å². The zero-order chi connectivity index (χ0) is 60.3. The molecule has 1 heterocycles. The fourth-order valence-electron chi connectivity index (χ4n) is 12.0. The first kappa shape index (κ1) is 79.4. The number of carbonyl (C=O) groups excluding carboxylic acids is 2. The molecule has 8 atom stereocenters. The number of hydrogen-bond acceptors (Lipinski definition) is 10. The molecule has 0 radical (unpaired) electrons. The molecule has 1 rings (SSSR count). The summed E-state index contributed by atoms with van der Waals surface area (Å²) in [6.45, 7) is 5.87. The molecule has 83 heavy (non-hydrogen) atoms. The Morgan fingerprint density at radius 2 is 0.783 bits per heavy atom. The van der Waals surface area contributed by atoms with E-state index in [4.69, 9.17) is 14.2 Å². The van der Waals surface area contributed by atoms with E-state index < -0.39 is 67.4 Å². The maximum atomic E-state index is 13.5. The monoisotopic (exact) mass is 1180 g/mol. The van der Waals surface area contributed by atoms with Crippen molar-refractivity contribution in [2.75, 3.05) is 13.2 Å². The van der Waals surface area contributed by atoms with Gasteiger partial charge in [-0.3, -0.25) is 9.59 Å². The largest absolute Gasteiger partial charge is 0.454 e. The molecule has 0 spiro atoms. The van der Waals surface area contributed by atoms with Crippen LogP contribution in [0.15, 0.2) is 12.2 Å². The lowest BCUT2D eigenvalue weighted by atomic mass is 9.99. The number of unbranched alkanes of at least 4 members (excludes halogenated alkanes) is 50. The lowest BCUT2D eigenvalue weighted by molar-refractivity contribution is -0.305. The molecule has 6 N–H and O–H groups in total. The number of esters is 1. The highest BCUT2D eigenvalue weighted by atomic mass is 16.7. The van der Waals surface area contributed by atoms with Gasteiger partial charge in [0.15, 0.2) is 12.4 Å². The number of ether oxygens (including phenoxy) is 3. The second-order valence-corrected chi connectivity index (χ2v) is 25.7. The van der Waals surface area contributed by atoms with Gasteiger partial charge >= 0.3 is 5.97 Å². The quantitative estimate of drug-likeness (QED) is 0.0195. The van der Waals surface area contributed by atoms with Crippen LogP contribution in [0.25, 0.3) is 0 Å². The fraction of sp³-hybridized carbons (Fsp3) is 0.944. The first-order valence-corrected chi connectivity index (χ1v) is 36.5. The van der Waals surface area contributed by atoms with Crippen LogP contribution >= 0.6 is 0 Å². The van der Waals surface area contributed by atoms with Crippen molar-refractivity contribution in [3.05, 3.63) is 12.2 Å². The number of rotatable bonds is 64. The Balaban J connectivity index is 2.56. The van der Waals surface area contributed by atoms with Crippen LogP contribution < -0.4 is 5.32 Å². The van der Waals surface area contributed by atoms with Gasteiger partial charge in [0.2, 0.25) is 5.91 Å². The molecule has 1 amide bonds. The lowest BCUT2D eigenvalue weighted by Crippen LogP contribution is -2.61. The minimum atomic E-state index is -1.61. The van der Waals surface area contributed by atoms with Gasteiger partial charge in [0.05, 0.1) is 25.4 Å². The number of nitrogens with one attached hydrogen (secondary N) is 1. The molecule has 1 saturated heterocycles. The van der Waals surface area contributed by atoms with E-state index in [0.29, 0.717) is 19.3 Å². The van der Waals surface area contributed by atoms with Crippen molar-refractivity contribution in [2.24, 2.45) is 0 Å². The Morgan fingerprint density at radius 1 is 0.458 bits per heavy atom. The molecule has 1 aliphatic rings. The van der Waals surface area contributed by atoms with Crippen LogP contribution in [0.2, 0.25) is 0 Å². The van der Waals surface area contributed by atoms with E-state index in [1.165, 1.54) is 270 Å². The molecule has 1 fully saturated rings. The minimum Gasteiger partial charge on any atom is -0.454 e. The van der Waals surface area contributed by atoms with Gasteiger partial charge in [0.1, 0.15) is 24.4 Å². The highest BCUT2D eigenvalue weighted by Crippen LogP contribution is 2.27.